The van der Waals surface area contributed by atoms with Crippen molar-refractivity contribution in [2.24, 2.45) is 0 Å². The molecule has 110 valence electrons. The van der Waals surface area contributed by atoms with Gasteiger partial charge in [0.1, 0.15) is 5.75 Å². The molecule has 1 rings (SSSR count). The molecule has 0 aromatic heterocycles. The lowest BCUT2D eigenvalue weighted by molar-refractivity contribution is 0.324. The Morgan fingerprint density at radius 2 is 1.75 bits per heavy atom. The van der Waals surface area contributed by atoms with Crippen LogP contribution in [0.15, 0.2) is 54.6 Å². The highest BCUT2D eigenvalue weighted by Gasteiger charge is 2.11. The van der Waals surface area contributed by atoms with Crippen molar-refractivity contribution in [3.8, 4) is 0 Å². The van der Waals surface area contributed by atoms with Gasteiger partial charge >= 0.3 is 0 Å². The topological polar surface area (TPSA) is 43.4 Å². The summed E-state index contributed by atoms with van der Waals surface area (Å²) in [6.45, 7) is 2.29. The molecule has 0 heterocycles. The molecule has 0 aliphatic rings. The summed E-state index contributed by atoms with van der Waals surface area (Å²) in [5.74, 6) is -0.0726. The van der Waals surface area contributed by atoms with E-state index in [1.807, 2.05) is 30.4 Å². The minimum absolute atomic E-state index is 0.0726. The highest BCUT2D eigenvalue weighted by atomic mass is 32.2. The Morgan fingerprint density at radius 1 is 1.05 bits per heavy atom. The Balaban J connectivity index is 2.25. The standard InChI is InChI=1S/C16H22O3S/c1-2-3-4-5-6-7-11-14-19-20(17,18)15-16-12-9-8-10-13-16/h3-4,6-10,12-13H,2,5,11,14-15H2,1H3/b4-3-,7-6-. The highest BCUT2D eigenvalue weighted by Crippen LogP contribution is 2.07. The minimum atomic E-state index is -3.48. The molecule has 0 aliphatic carbocycles. The van der Waals surface area contributed by atoms with Gasteiger partial charge in [-0.15, -0.1) is 0 Å². The minimum Gasteiger partial charge on any atom is -0.270 e. The van der Waals surface area contributed by atoms with Gasteiger partial charge in [0.2, 0.25) is 0 Å². The Labute approximate surface area is 122 Å². The van der Waals surface area contributed by atoms with Crippen LogP contribution in [0, 0.1) is 0 Å². The number of hydrogen-bond acceptors (Lipinski definition) is 3. The number of hydrogen-bond donors (Lipinski definition) is 0. The van der Waals surface area contributed by atoms with Gasteiger partial charge < -0.3 is 0 Å². The van der Waals surface area contributed by atoms with Crippen molar-refractivity contribution >= 4 is 10.1 Å². The molecule has 1 aromatic rings. The fraction of sp³-hybridized carbons (Fsp3) is 0.375. The van der Waals surface area contributed by atoms with Crippen LogP contribution in [0.2, 0.25) is 0 Å². The molecule has 0 unspecified atom stereocenters. The lowest BCUT2D eigenvalue weighted by Gasteiger charge is -2.04. The second-order valence-electron chi connectivity index (χ2n) is 4.39. The molecular weight excluding hydrogens is 272 g/mol. The summed E-state index contributed by atoms with van der Waals surface area (Å²) in [6, 6.07) is 9.05. The van der Waals surface area contributed by atoms with Crippen molar-refractivity contribution < 1.29 is 12.6 Å². The molecular formula is C16H22O3S. The first-order valence-electron chi connectivity index (χ1n) is 6.85. The smallest absolute Gasteiger partial charge is 0.270 e. The molecule has 20 heavy (non-hydrogen) atoms. The first-order chi connectivity index (χ1) is 9.64. The Hall–Kier alpha value is -1.39. The quantitative estimate of drug-likeness (QED) is 0.395. The summed E-state index contributed by atoms with van der Waals surface area (Å²) in [4.78, 5) is 0. The fourth-order valence-electron chi connectivity index (χ4n) is 1.62. The van der Waals surface area contributed by atoms with E-state index in [1.165, 1.54) is 0 Å². The van der Waals surface area contributed by atoms with E-state index >= 15 is 0 Å². The van der Waals surface area contributed by atoms with Crippen LogP contribution < -0.4 is 0 Å². The lowest BCUT2D eigenvalue weighted by Crippen LogP contribution is -2.09. The summed E-state index contributed by atoms with van der Waals surface area (Å²) >= 11 is 0. The fourth-order valence-corrected chi connectivity index (χ4v) is 2.65. The number of rotatable bonds is 9. The van der Waals surface area contributed by atoms with Crippen molar-refractivity contribution in [3.63, 3.8) is 0 Å². The zero-order chi connectivity index (χ0) is 14.7. The van der Waals surface area contributed by atoms with Gasteiger partial charge in [0.25, 0.3) is 10.1 Å². The van der Waals surface area contributed by atoms with Crippen LogP contribution in [0.5, 0.6) is 0 Å². The molecule has 0 fully saturated rings. The molecule has 4 heteroatoms. The second-order valence-corrected chi connectivity index (χ2v) is 6.02. The van der Waals surface area contributed by atoms with Gasteiger partial charge in [0, 0.05) is 0 Å². The first kappa shape index (κ1) is 16.7. The van der Waals surface area contributed by atoms with E-state index < -0.39 is 10.1 Å². The van der Waals surface area contributed by atoms with Crippen LogP contribution in [0.25, 0.3) is 0 Å². The molecule has 0 spiro atoms. The zero-order valence-corrected chi connectivity index (χ0v) is 12.7. The van der Waals surface area contributed by atoms with E-state index in [1.54, 1.807) is 12.1 Å². The largest absolute Gasteiger partial charge is 0.271 e. The Bertz CT molecular complexity index is 516. The molecule has 0 radical (unpaired) electrons. The second kappa shape index (κ2) is 9.50. The lowest BCUT2D eigenvalue weighted by atomic mass is 10.2. The van der Waals surface area contributed by atoms with Gasteiger partial charge in [-0.05, 0) is 24.8 Å². The third-order valence-electron chi connectivity index (χ3n) is 2.57. The normalized spacial score (nSPS) is 12.4. The summed E-state index contributed by atoms with van der Waals surface area (Å²) in [7, 11) is -3.48. The predicted molar refractivity (Wildman–Crippen MR) is 82.8 cm³/mol. The van der Waals surface area contributed by atoms with Crippen molar-refractivity contribution in [1.82, 2.24) is 0 Å². The maximum Gasteiger partial charge on any atom is 0.271 e. The van der Waals surface area contributed by atoms with E-state index in [0.717, 1.165) is 18.4 Å². The highest BCUT2D eigenvalue weighted by molar-refractivity contribution is 7.85. The Morgan fingerprint density at radius 3 is 2.45 bits per heavy atom. The average Bonchev–Trinajstić information content (AvgIpc) is 2.42. The van der Waals surface area contributed by atoms with Gasteiger partial charge in [0.15, 0.2) is 0 Å². The van der Waals surface area contributed by atoms with Crippen molar-refractivity contribution in [2.45, 2.75) is 31.9 Å². The summed E-state index contributed by atoms with van der Waals surface area (Å²) in [6.07, 6.45) is 10.7. The van der Waals surface area contributed by atoms with E-state index in [2.05, 4.69) is 19.1 Å². The molecule has 0 bridgehead atoms. The van der Waals surface area contributed by atoms with Crippen molar-refractivity contribution in [3.05, 3.63) is 60.2 Å². The SMILES string of the molecule is CC/C=C\C/C=C\CCOS(=O)(=O)Cc1ccccc1. The van der Waals surface area contributed by atoms with Gasteiger partial charge in [-0.3, -0.25) is 4.18 Å². The molecule has 0 amide bonds. The molecule has 0 saturated heterocycles. The molecule has 0 atom stereocenters. The predicted octanol–water partition coefficient (Wildman–Crippen LogP) is 3.84. The summed E-state index contributed by atoms with van der Waals surface area (Å²) in [5, 5.41) is 0. The number of benzene rings is 1. The van der Waals surface area contributed by atoms with E-state index in [4.69, 9.17) is 4.18 Å². The van der Waals surface area contributed by atoms with Crippen LogP contribution in [0.4, 0.5) is 0 Å². The monoisotopic (exact) mass is 294 g/mol. The van der Waals surface area contributed by atoms with E-state index in [0.29, 0.717) is 6.42 Å². The molecule has 1 aromatic carbocycles. The average molecular weight is 294 g/mol. The third-order valence-corrected chi connectivity index (χ3v) is 3.79. The van der Waals surface area contributed by atoms with Crippen molar-refractivity contribution in [1.29, 1.82) is 0 Å². The van der Waals surface area contributed by atoms with Gasteiger partial charge in [0.05, 0.1) is 6.61 Å². The third kappa shape index (κ3) is 7.92. The number of allylic oxidation sites excluding steroid dienone is 3. The van der Waals surface area contributed by atoms with Gasteiger partial charge in [-0.1, -0.05) is 61.6 Å². The zero-order valence-electron chi connectivity index (χ0n) is 11.9. The van der Waals surface area contributed by atoms with Crippen LogP contribution in [-0.4, -0.2) is 15.0 Å². The maximum absolute atomic E-state index is 11.7. The van der Waals surface area contributed by atoms with Gasteiger partial charge in [-0.25, -0.2) is 0 Å². The van der Waals surface area contributed by atoms with Crippen molar-refractivity contribution in [2.75, 3.05) is 6.61 Å². The summed E-state index contributed by atoms with van der Waals surface area (Å²) < 4.78 is 28.4. The summed E-state index contributed by atoms with van der Waals surface area (Å²) in [5.41, 5.74) is 0.743. The molecule has 3 nitrogen and oxygen atoms in total. The van der Waals surface area contributed by atoms with Crippen LogP contribution in [-0.2, 0) is 20.1 Å². The van der Waals surface area contributed by atoms with Crippen LogP contribution in [0.1, 0.15) is 31.7 Å². The maximum atomic E-state index is 11.7. The molecule has 0 saturated carbocycles. The first-order valence-corrected chi connectivity index (χ1v) is 8.43. The van der Waals surface area contributed by atoms with E-state index in [-0.39, 0.29) is 12.4 Å². The molecule has 0 aliphatic heterocycles. The Kier molecular flexibility index (Phi) is 7.92. The van der Waals surface area contributed by atoms with Gasteiger partial charge in [-0.2, -0.15) is 8.42 Å². The van der Waals surface area contributed by atoms with Crippen LogP contribution in [0.3, 0.4) is 0 Å². The van der Waals surface area contributed by atoms with Crippen LogP contribution >= 0.6 is 0 Å². The van der Waals surface area contributed by atoms with E-state index in [9.17, 15) is 8.42 Å². The molecule has 0 N–H and O–H groups in total.